The van der Waals surface area contributed by atoms with Crippen LogP contribution in [0.5, 0.6) is 5.75 Å². The maximum atomic E-state index is 6.39. The first-order chi connectivity index (χ1) is 11.6. The molecule has 1 atom stereocenters. The highest BCUT2D eigenvalue weighted by atomic mass is 16.5. The highest BCUT2D eigenvalue weighted by Gasteiger charge is 2.36. The Morgan fingerprint density at radius 1 is 1.12 bits per heavy atom. The standard InChI is InChI=1S/C22H25NO/c1-17-8-11-21-19(14-17)12-13-22(2,24-21)16-23(20-9-10-20)15-18-6-4-3-5-7-18/h3-8,11-14,20H,9-10,15-16H2,1-2H3. The van der Waals surface area contributed by atoms with Gasteiger partial charge in [-0.25, -0.2) is 0 Å². The fourth-order valence-electron chi connectivity index (χ4n) is 3.50. The van der Waals surface area contributed by atoms with Gasteiger partial charge in [-0.15, -0.1) is 0 Å². The lowest BCUT2D eigenvalue weighted by atomic mass is 9.98. The third kappa shape index (κ3) is 3.39. The van der Waals surface area contributed by atoms with E-state index in [-0.39, 0.29) is 5.60 Å². The fourth-order valence-corrected chi connectivity index (χ4v) is 3.50. The summed E-state index contributed by atoms with van der Waals surface area (Å²) in [5.74, 6) is 1.00. The molecular weight excluding hydrogens is 294 g/mol. The van der Waals surface area contributed by atoms with Crippen molar-refractivity contribution in [2.45, 2.75) is 44.9 Å². The molecule has 1 heterocycles. The molecule has 2 heteroatoms. The number of aryl methyl sites for hydroxylation is 1. The van der Waals surface area contributed by atoms with E-state index < -0.39 is 0 Å². The first-order valence-corrected chi connectivity index (χ1v) is 8.88. The second-order valence-electron chi connectivity index (χ2n) is 7.41. The normalized spacial score (nSPS) is 22.3. The van der Waals surface area contributed by atoms with E-state index in [1.165, 1.54) is 29.5 Å². The number of fused-ring (bicyclic) bond motifs is 1. The van der Waals surface area contributed by atoms with Gasteiger partial charge in [0, 0.05) is 24.7 Å². The molecule has 124 valence electrons. The van der Waals surface area contributed by atoms with Crippen LogP contribution in [0.25, 0.3) is 6.08 Å². The zero-order valence-electron chi connectivity index (χ0n) is 14.5. The minimum atomic E-state index is -0.264. The van der Waals surface area contributed by atoms with E-state index in [0.717, 1.165) is 18.8 Å². The van der Waals surface area contributed by atoms with Crippen molar-refractivity contribution in [3.05, 3.63) is 71.3 Å². The molecule has 0 bridgehead atoms. The number of rotatable bonds is 5. The van der Waals surface area contributed by atoms with Gasteiger partial charge in [-0.1, -0.05) is 48.0 Å². The second kappa shape index (κ2) is 6.10. The monoisotopic (exact) mass is 319 g/mol. The van der Waals surface area contributed by atoms with Crippen molar-refractivity contribution in [3.8, 4) is 5.75 Å². The van der Waals surface area contributed by atoms with E-state index in [0.29, 0.717) is 6.04 Å². The zero-order valence-corrected chi connectivity index (χ0v) is 14.5. The maximum Gasteiger partial charge on any atom is 0.137 e. The van der Waals surface area contributed by atoms with Crippen LogP contribution in [0.3, 0.4) is 0 Å². The molecule has 4 rings (SSSR count). The van der Waals surface area contributed by atoms with Crippen LogP contribution in [0.15, 0.2) is 54.6 Å². The summed E-state index contributed by atoms with van der Waals surface area (Å²) in [4.78, 5) is 2.58. The van der Waals surface area contributed by atoms with E-state index in [1.54, 1.807) is 0 Å². The molecule has 2 nitrogen and oxygen atoms in total. The lowest BCUT2D eigenvalue weighted by Crippen LogP contribution is -2.45. The Labute approximate surface area is 144 Å². The quantitative estimate of drug-likeness (QED) is 0.783. The first-order valence-electron chi connectivity index (χ1n) is 8.88. The van der Waals surface area contributed by atoms with Crippen molar-refractivity contribution in [2.75, 3.05) is 6.54 Å². The zero-order chi connectivity index (χ0) is 16.6. The van der Waals surface area contributed by atoms with Crippen LogP contribution in [0.2, 0.25) is 0 Å². The van der Waals surface area contributed by atoms with Gasteiger partial charge in [0.15, 0.2) is 0 Å². The maximum absolute atomic E-state index is 6.39. The molecule has 0 amide bonds. The van der Waals surface area contributed by atoms with Crippen molar-refractivity contribution in [1.29, 1.82) is 0 Å². The molecule has 0 spiro atoms. The minimum absolute atomic E-state index is 0.264. The van der Waals surface area contributed by atoms with E-state index in [4.69, 9.17) is 4.74 Å². The average molecular weight is 319 g/mol. The fraction of sp³-hybridized carbons (Fsp3) is 0.364. The Hall–Kier alpha value is -2.06. The Bertz CT molecular complexity index is 748. The van der Waals surface area contributed by atoms with Gasteiger partial charge >= 0.3 is 0 Å². The smallest absolute Gasteiger partial charge is 0.137 e. The highest BCUT2D eigenvalue weighted by Crippen LogP contribution is 2.35. The number of benzene rings is 2. The minimum Gasteiger partial charge on any atom is -0.482 e. The summed E-state index contributed by atoms with van der Waals surface area (Å²) in [7, 11) is 0. The summed E-state index contributed by atoms with van der Waals surface area (Å²) < 4.78 is 6.39. The molecular formula is C22H25NO. The SMILES string of the molecule is Cc1ccc2c(c1)C=CC(C)(CN(Cc1ccccc1)C1CC1)O2. The molecule has 0 radical (unpaired) electrons. The van der Waals surface area contributed by atoms with E-state index >= 15 is 0 Å². The largest absolute Gasteiger partial charge is 0.482 e. The Kier molecular flexibility index (Phi) is 3.93. The lowest BCUT2D eigenvalue weighted by molar-refractivity contribution is 0.0747. The van der Waals surface area contributed by atoms with Gasteiger partial charge in [-0.3, -0.25) is 4.90 Å². The van der Waals surface area contributed by atoms with Gasteiger partial charge in [0.1, 0.15) is 11.4 Å². The third-order valence-electron chi connectivity index (χ3n) is 4.93. The van der Waals surface area contributed by atoms with Gasteiger partial charge in [0.25, 0.3) is 0 Å². The van der Waals surface area contributed by atoms with Crippen LogP contribution < -0.4 is 4.74 Å². The second-order valence-corrected chi connectivity index (χ2v) is 7.41. The number of hydrogen-bond acceptors (Lipinski definition) is 2. The van der Waals surface area contributed by atoms with Gasteiger partial charge in [-0.05, 0) is 50.5 Å². The van der Waals surface area contributed by atoms with Gasteiger partial charge in [0.2, 0.25) is 0 Å². The van der Waals surface area contributed by atoms with Crippen molar-refractivity contribution >= 4 is 6.08 Å². The molecule has 0 saturated heterocycles. The Balaban J connectivity index is 1.51. The molecule has 1 unspecified atom stereocenters. The van der Waals surface area contributed by atoms with Crippen molar-refractivity contribution < 1.29 is 4.74 Å². The third-order valence-corrected chi connectivity index (χ3v) is 4.93. The van der Waals surface area contributed by atoms with Gasteiger partial charge < -0.3 is 4.74 Å². The lowest BCUT2D eigenvalue weighted by Gasteiger charge is -2.36. The first kappa shape index (κ1) is 15.5. The van der Waals surface area contributed by atoms with Gasteiger partial charge in [0.05, 0.1) is 0 Å². The summed E-state index contributed by atoms with van der Waals surface area (Å²) in [6.45, 7) is 6.25. The topological polar surface area (TPSA) is 12.5 Å². The van der Waals surface area contributed by atoms with Crippen molar-refractivity contribution in [2.24, 2.45) is 0 Å². The summed E-state index contributed by atoms with van der Waals surface area (Å²) in [5, 5.41) is 0. The number of ether oxygens (including phenoxy) is 1. The van der Waals surface area contributed by atoms with Crippen LogP contribution in [0.1, 0.15) is 36.5 Å². The molecule has 1 fully saturated rings. The Morgan fingerprint density at radius 2 is 1.92 bits per heavy atom. The van der Waals surface area contributed by atoms with Crippen LogP contribution in [-0.4, -0.2) is 23.1 Å². The number of hydrogen-bond donors (Lipinski definition) is 0. The van der Waals surface area contributed by atoms with Crippen LogP contribution >= 0.6 is 0 Å². The molecule has 1 aliphatic carbocycles. The summed E-state index contributed by atoms with van der Waals surface area (Å²) in [5.41, 5.74) is 3.58. The Morgan fingerprint density at radius 3 is 2.67 bits per heavy atom. The molecule has 1 aliphatic heterocycles. The molecule has 24 heavy (non-hydrogen) atoms. The van der Waals surface area contributed by atoms with Gasteiger partial charge in [-0.2, -0.15) is 0 Å². The predicted octanol–water partition coefficient (Wildman–Crippen LogP) is 4.82. The molecule has 0 N–H and O–H groups in total. The molecule has 2 aliphatic rings. The van der Waals surface area contributed by atoms with E-state index in [2.05, 4.69) is 79.4 Å². The van der Waals surface area contributed by atoms with Crippen LogP contribution in [-0.2, 0) is 6.54 Å². The average Bonchev–Trinajstić information content (AvgIpc) is 3.41. The van der Waals surface area contributed by atoms with Crippen molar-refractivity contribution in [3.63, 3.8) is 0 Å². The predicted molar refractivity (Wildman–Crippen MR) is 99.1 cm³/mol. The molecule has 2 aromatic rings. The molecule has 1 saturated carbocycles. The highest BCUT2D eigenvalue weighted by molar-refractivity contribution is 5.61. The molecule has 2 aromatic carbocycles. The summed E-state index contributed by atoms with van der Waals surface area (Å²) in [6, 6.07) is 17.9. The van der Waals surface area contributed by atoms with Crippen LogP contribution in [0, 0.1) is 6.92 Å². The van der Waals surface area contributed by atoms with E-state index in [9.17, 15) is 0 Å². The summed E-state index contributed by atoms with van der Waals surface area (Å²) in [6.07, 6.45) is 7.07. The van der Waals surface area contributed by atoms with Crippen LogP contribution in [0.4, 0.5) is 0 Å². The van der Waals surface area contributed by atoms with Crippen molar-refractivity contribution in [1.82, 2.24) is 4.90 Å². The number of nitrogens with zero attached hydrogens (tertiary/aromatic N) is 1. The molecule has 0 aromatic heterocycles. The van der Waals surface area contributed by atoms with E-state index in [1.807, 2.05) is 0 Å². The summed E-state index contributed by atoms with van der Waals surface area (Å²) >= 11 is 0.